The zero-order valence-electron chi connectivity index (χ0n) is 36.3. The zero-order valence-corrected chi connectivity index (χ0v) is 37.3. The quantitative estimate of drug-likeness (QED) is 0.0895. The van der Waals surface area contributed by atoms with Crippen molar-refractivity contribution in [2.45, 2.75) is 110 Å². The zero-order chi connectivity index (χ0) is 42.1. The molecule has 13 heteroatoms. The Morgan fingerprint density at radius 2 is 1.03 bits per heavy atom. The molecule has 4 aromatic rings. The van der Waals surface area contributed by atoms with Crippen molar-refractivity contribution in [3.05, 3.63) is 72.1 Å². The Hall–Kier alpha value is -4.72. The van der Waals surface area contributed by atoms with Gasteiger partial charge in [0.05, 0.1) is 26.3 Å². The third-order valence-electron chi connectivity index (χ3n) is 10.3. The van der Waals surface area contributed by atoms with Crippen LogP contribution in [-0.4, -0.2) is 100 Å². The van der Waals surface area contributed by atoms with Crippen LogP contribution in [0.1, 0.15) is 80.6 Å². The number of nitrogens with one attached hydrogen (secondary N) is 2. The second-order valence-electron chi connectivity index (χ2n) is 16.3. The van der Waals surface area contributed by atoms with E-state index in [1.807, 2.05) is 58.0 Å². The lowest BCUT2D eigenvalue weighted by molar-refractivity contribution is 0.0919. The first-order valence-electron chi connectivity index (χ1n) is 20.4. The maximum Gasteiger partial charge on any atom is 0.258 e. The second-order valence-corrected chi connectivity index (χ2v) is 21.7. The lowest BCUT2D eigenvalue weighted by Crippen LogP contribution is -2.50. The summed E-state index contributed by atoms with van der Waals surface area (Å²) < 4.78 is 40.8. The van der Waals surface area contributed by atoms with Crippen molar-refractivity contribution in [1.29, 1.82) is 0 Å². The van der Waals surface area contributed by atoms with E-state index in [0.717, 1.165) is 45.4 Å². The van der Waals surface area contributed by atoms with E-state index in [9.17, 15) is 5.11 Å². The summed E-state index contributed by atoms with van der Waals surface area (Å²) in [4.78, 5) is 15.6. The van der Waals surface area contributed by atoms with Crippen LogP contribution >= 0.6 is 0 Å². The van der Waals surface area contributed by atoms with Crippen LogP contribution < -0.4 is 13.9 Å². The number of methoxy groups -OCH3 is 2. The van der Waals surface area contributed by atoms with Gasteiger partial charge in [0, 0.05) is 48.9 Å². The Morgan fingerprint density at radius 1 is 0.621 bits per heavy atom. The molecule has 4 atom stereocenters. The summed E-state index contributed by atoms with van der Waals surface area (Å²) in [5, 5.41) is 9.98. The van der Waals surface area contributed by atoms with E-state index in [1.165, 1.54) is 0 Å². The molecule has 316 valence electrons. The molecular weight excluding hydrogens is 753 g/mol. The number of aromatic nitrogens is 2. The Kier molecular flexibility index (Phi) is 15.2. The number of nitrogens with zero attached hydrogens (tertiary/aromatic N) is 2. The molecule has 0 bridgehead atoms. The second kappa shape index (κ2) is 19.8. The largest absolute Gasteiger partial charge is 0.543 e. The highest BCUT2D eigenvalue weighted by atomic mass is 28.4. The molecule has 0 radical (unpaired) electrons. The number of phenols is 1. The van der Waals surface area contributed by atoms with Gasteiger partial charge in [-0.25, -0.2) is 9.98 Å². The van der Waals surface area contributed by atoms with Crippen molar-refractivity contribution in [3.63, 3.8) is 0 Å². The van der Waals surface area contributed by atoms with E-state index in [2.05, 4.69) is 79.7 Å². The molecular formula is C45H64N4O8Si. The molecule has 2 aliphatic heterocycles. The van der Waals surface area contributed by atoms with E-state index in [-0.39, 0.29) is 30.2 Å². The molecule has 6 rings (SSSR count). The summed E-state index contributed by atoms with van der Waals surface area (Å²) in [6, 6.07) is 19.3. The summed E-state index contributed by atoms with van der Waals surface area (Å²) in [6.45, 7) is 24.1. The molecule has 2 aliphatic rings. The van der Waals surface area contributed by atoms with Crippen LogP contribution in [0.15, 0.2) is 70.6 Å². The Labute approximate surface area is 345 Å². The van der Waals surface area contributed by atoms with Gasteiger partial charge in [-0.2, -0.15) is 0 Å². The third-order valence-corrected chi connectivity index (χ3v) is 16.3. The molecule has 12 nitrogen and oxygen atoms in total. The lowest BCUT2D eigenvalue weighted by atomic mass is 10.1. The van der Waals surface area contributed by atoms with Crippen molar-refractivity contribution in [1.82, 2.24) is 9.97 Å². The predicted octanol–water partition coefficient (Wildman–Crippen LogP) is 9.78. The summed E-state index contributed by atoms with van der Waals surface area (Å²) in [5.74, 6) is 3.66. The monoisotopic (exact) mass is 816 g/mol. The molecule has 3 N–H and O–H groups in total. The SMILES string of the molecule is COC[C@H](C)Oc1cc(O)cc(-c2ccc(C3=NC[C@H](C)O3)[nH]2)c1.COC[C@H](C)Oc1cc(O[Si](C(C)C)(C(C)C)C(C)C)cc(-c2ccc(C3=NC[C@H](C)O3)[nH]2)c1. The summed E-state index contributed by atoms with van der Waals surface area (Å²) in [6.07, 6.45) is 0.0423. The van der Waals surface area contributed by atoms with E-state index in [0.29, 0.717) is 60.5 Å². The Balaban J connectivity index is 0.000000234. The normalized spacial score (nSPS) is 17.6. The number of aromatic amines is 2. The first-order valence-corrected chi connectivity index (χ1v) is 22.6. The number of ether oxygens (including phenoxy) is 6. The van der Waals surface area contributed by atoms with Gasteiger partial charge in [0.15, 0.2) is 0 Å². The van der Waals surface area contributed by atoms with E-state index >= 15 is 0 Å². The molecule has 2 aromatic carbocycles. The van der Waals surface area contributed by atoms with E-state index in [1.54, 1.807) is 26.4 Å². The Bertz CT molecular complexity index is 1980. The minimum atomic E-state index is -2.12. The van der Waals surface area contributed by atoms with Crippen molar-refractivity contribution < 1.29 is 38.0 Å². The van der Waals surface area contributed by atoms with E-state index in [4.69, 9.17) is 32.8 Å². The van der Waals surface area contributed by atoms with Crippen LogP contribution in [0.3, 0.4) is 0 Å². The van der Waals surface area contributed by atoms with Gasteiger partial charge in [0.25, 0.3) is 8.32 Å². The number of hydrogen-bond donors (Lipinski definition) is 3. The molecule has 0 spiro atoms. The lowest BCUT2D eigenvalue weighted by Gasteiger charge is -2.42. The first kappa shape index (κ1) is 44.4. The van der Waals surface area contributed by atoms with Gasteiger partial charge in [-0.05, 0) is 92.8 Å². The number of H-pyrrole nitrogens is 2. The molecule has 0 unspecified atom stereocenters. The molecule has 0 fully saturated rings. The standard InChI is InChI=1S/C27H42N2O4Si.C18H22N2O4/c1-17(2)34(18(3)4,19(5)6)33-24-13-22(12-23(14-24)31-21(8)16-30-9)25-10-11-26(29-25)27-28-15-20(7)32-27;1-11-9-19-18(24-11)17-5-4-16(20-17)13-6-14(21)8-15(7-13)23-12(2)10-22-3/h10-14,17-21,29H,15-16H2,1-9H3;4-8,11-12,20-21H,9-10H2,1-3H3/t20-,21-;11-,12-/m00/s1. The highest BCUT2D eigenvalue weighted by Gasteiger charge is 2.47. The fourth-order valence-corrected chi connectivity index (χ4v) is 13.1. The average Bonchev–Trinajstić information content (AvgIpc) is 3.98. The Morgan fingerprint density at radius 3 is 1.45 bits per heavy atom. The van der Waals surface area contributed by atoms with E-state index < -0.39 is 8.32 Å². The summed E-state index contributed by atoms with van der Waals surface area (Å²) in [5.41, 5.74) is 6.81. The van der Waals surface area contributed by atoms with Crippen molar-refractivity contribution in [2.24, 2.45) is 9.98 Å². The van der Waals surface area contributed by atoms with Crippen LogP contribution in [0.4, 0.5) is 0 Å². The smallest absolute Gasteiger partial charge is 0.258 e. The van der Waals surface area contributed by atoms with Gasteiger partial charge >= 0.3 is 0 Å². The van der Waals surface area contributed by atoms with Crippen LogP contribution in [0, 0.1) is 0 Å². The molecule has 0 amide bonds. The molecule has 4 heterocycles. The van der Waals surface area contributed by atoms with Crippen molar-refractivity contribution in [3.8, 4) is 45.5 Å². The average molecular weight is 817 g/mol. The number of phenolic OH excluding ortho intramolecular Hbond substituents is 1. The van der Waals surface area contributed by atoms with Gasteiger partial charge in [-0.1, -0.05) is 41.5 Å². The number of hydrogen-bond acceptors (Lipinski definition) is 10. The molecule has 58 heavy (non-hydrogen) atoms. The first-order chi connectivity index (χ1) is 27.6. The van der Waals surface area contributed by atoms with Crippen LogP contribution in [0.25, 0.3) is 22.5 Å². The van der Waals surface area contributed by atoms with Gasteiger partial charge < -0.3 is 47.9 Å². The highest BCUT2D eigenvalue weighted by molar-refractivity contribution is 6.78. The maximum atomic E-state index is 9.98. The third kappa shape index (κ3) is 11.1. The minimum absolute atomic E-state index is 0.0719. The van der Waals surface area contributed by atoms with Crippen LogP contribution in [-0.2, 0) is 18.9 Å². The molecule has 0 saturated carbocycles. The fourth-order valence-electron chi connectivity index (χ4n) is 7.85. The summed E-state index contributed by atoms with van der Waals surface area (Å²) in [7, 11) is 1.19. The van der Waals surface area contributed by atoms with Crippen molar-refractivity contribution >= 4 is 20.1 Å². The minimum Gasteiger partial charge on any atom is -0.543 e. The maximum absolute atomic E-state index is 9.98. The van der Waals surface area contributed by atoms with Gasteiger partial charge in [0.2, 0.25) is 11.8 Å². The number of rotatable bonds is 17. The number of aliphatic imine (C=N–C) groups is 2. The van der Waals surface area contributed by atoms with Crippen LogP contribution in [0.2, 0.25) is 16.6 Å². The number of aromatic hydroxyl groups is 1. The van der Waals surface area contributed by atoms with Gasteiger partial charge in [0.1, 0.15) is 58.8 Å². The summed E-state index contributed by atoms with van der Waals surface area (Å²) >= 11 is 0. The number of benzene rings is 2. The van der Waals surface area contributed by atoms with Gasteiger partial charge in [-0.3, -0.25) is 0 Å². The predicted molar refractivity (Wildman–Crippen MR) is 234 cm³/mol. The van der Waals surface area contributed by atoms with Gasteiger partial charge in [-0.15, -0.1) is 0 Å². The van der Waals surface area contributed by atoms with Crippen molar-refractivity contribution in [2.75, 3.05) is 40.5 Å². The fraction of sp³-hybridized carbons (Fsp3) is 0.511. The molecule has 0 aliphatic carbocycles. The topological polar surface area (TPSA) is 141 Å². The highest BCUT2D eigenvalue weighted by Crippen LogP contribution is 2.44. The molecule has 0 saturated heterocycles. The molecule has 2 aromatic heterocycles. The van der Waals surface area contributed by atoms with Crippen LogP contribution in [0.5, 0.6) is 23.0 Å².